The summed E-state index contributed by atoms with van der Waals surface area (Å²) in [5.74, 6) is 4.40. The summed E-state index contributed by atoms with van der Waals surface area (Å²) in [6.07, 6.45) is -2.30. The number of nitrogens with two attached hydrogens (primary N) is 1. The zero-order valence-corrected chi connectivity index (χ0v) is 12.5. The molecule has 1 saturated carbocycles. The fraction of sp³-hybridized carbons (Fsp3) is 0.625. The Morgan fingerprint density at radius 1 is 1.24 bits per heavy atom. The zero-order valence-electron chi connectivity index (χ0n) is 12.5. The maximum absolute atomic E-state index is 13.0. The maximum Gasteiger partial charge on any atom is 0.391 e. The second-order valence-corrected chi connectivity index (χ2v) is 6.17. The summed E-state index contributed by atoms with van der Waals surface area (Å²) >= 11 is 0. The SMILES string of the molecule is Cc1ccc(C(NN)C2CCCC(C(F)(F)F)C2)c(C)c1. The van der Waals surface area contributed by atoms with E-state index in [-0.39, 0.29) is 24.8 Å². The zero-order chi connectivity index (χ0) is 15.6. The van der Waals surface area contributed by atoms with Crippen LogP contribution in [0.3, 0.4) is 0 Å². The summed E-state index contributed by atoms with van der Waals surface area (Å²) in [5, 5.41) is 0. The third-order valence-corrected chi connectivity index (χ3v) is 4.59. The molecule has 2 rings (SSSR count). The lowest BCUT2D eigenvalue weighted by atomic mass is 9.75. The standard InChI is InChI=1S/C16H23F3N2/c1-10-6-7-14(11(2)8-10)15(21-20)12-4-3-5-13(9-12)16(17,18)19/h6-8,12-13,15,21H,3-5,9,20H2,1-2H3. The lowest BCUT2D eigenvalue weighted by Crippen LogP contribution is -2.38. The van der Waals surface area contributed by atoms with E-state index < -0.39 is 12.1 Å². The lowest BCUT2D eigenvalue weighted by molar-refractivity contribution is -0.186. The molecule has 5 heteroatoms. The van der Waals surface area contributed by atoms with E-state index in [1.165, 1.54) is 0 Å². The minimum atomic E-state index is -4.10. The second-order valence-electron chi connectivity index (χ2n) is 6.17. The van der Waals surface area contributed by atoms with Crippen LogP contribution in [0.4, 0.5) is 13.2 Å². The van der Waals surface area contributed by atoms with Gasteiger partial charge in [-0.3, -0.25) is 11.3 Å². The number of rotatable bonds is 3. The minimum Gasteiger partial charge on any atom is -0.271 e. The molecule has 3 atom stereocenters. The van der Waals surface area contributed by atoms with E-state index in [9.17, 15) is 13.2 Å². The third kappa shape index (κ3) is 3.77. The molecule has 2 nitrogen and oxygen atoms in total. The van der Waals surface area contributed by atoms with Gasteiger partial charge in [0.05, 0.1) is 5.92 Å². The van der Waals surface area contributed by atoms with Crippen LogP contribution < -0.4 is 11.3 Å². The molecule has 0 spiro atoms. The first-order valence-corrected chi connectivity index (χ1v) is 7.43. The third-order valence-electron chi connectivity index (χ3n) is 4.59. The molecule has 0 heterocycles. The van der Waals surface area contributed by atoms with Crippen molar-refractivity contribution >= 4 is 0 Å². The first kappa shape index (κ1) is 16.3. The number of nitrogens with one attached hydrogen (secondary N) is 1. The van der Waals surface area contributed by atoms with Crippen molar-refractivity contribution in [1.29, 1.82) is 0 Å². The first-order valence-electron chi connectivity index (χ1n) is 7.43. The molecule has 0 amide bonds. The van der Waals surface area contributed by atoms with Gasteiger partial charge >= 0.3 is 6.18 Å². The Morgan fingerprint density at radius 2 is 1.95 bits per heavy atom. The van der Waals surface area contributed by atoms with Crippen LogP contribution >= 0.6 is 0 Å². The molecular formula is C16H23F3N2. The fourth-order valence-electron chi connectivity index (χ4n) is 3.48. The minimum absolute atomic E-state index is 0.0724. The molecule has 1 aliphatic carbocycles. The number of aryl methyl sites for hydroxylation is 2. The van der Waals surface area contributed by atoms with Crippen molar-refractivity contribution in [2.75, 3.05) is 0 Å². The van der Waals surface area contributed by atoms with Gasteiger partial charge in [0, 0.05) is 6.04 Å². The van der Waals surface area contributed by atoms with Gasteiger partial charge in [-0.2, -0.15) is 13.2 Å². The highest BCUT2D eigenvalue weighted by Gasteiger charge is 2.43. The molecule has 0 radical (unpaired) electrons. The molecule has 1 aliphatic rings. The van der Waals surface area contributed by atoms with E-state index in [0.717, 1.165) is 23.1 Å². The molecule has 0 bridgehead atoms. The van der Waals surface area contributed by atoms with Crippen molar-refractivity contribution < 1.29 is 13.2 Å². The molecule has 3 N–H and O–H groups in total. The van der Waals surface area contributed by atoms with Crippen molar-refractivity contribution in [1.82, 2.24) is 5.43 Å². The monoisotopic (exact) mass is 300 g/mol. The van der Waals surface area contributed by atoms with Gasteiger partial charge < -0.3 is 0 Å². The van der Waals surface area contributed by atoms with Crippen LogP contribution in [0, 0.1) is 25.7 Å². The van der Waals surface area contributed by atoms with Crippen LogP contribution in [0.5, 0.6) is 0 Å². The molecule has 1 fully saturated rings. The molecule has 118 valence electrons. The highest BCUT2D eigenvalue weighted by molar-refractivity contribution is 5.33. The smallest absolute Gasteiger partial charge is 0.271 e. The molecule has 0 saturated heterocycles. The van der Waals surface area contributed by atoms with Crippen LogP contribution in [0.15, 0.2) is 18.2 Å². The second kappa shape index (κ2) is 6.36. The Labute approximate surface area is 123 Å². The maximum atomic E-state index is 13.0. The number of halogens is 3. The summed E-state index contributed by atoms with van der Waals surface area (Å²) in [6, 6.07) is 5.79. The van der Waals surface area contributed by atoms with Crippen LogP contribution in [0.1, 0.15) is 48.4 Å². The number of hydrazine groups is 1. The van der Waals surface area contributed by atoms with Gasteiger partial charge in [-0.05, 0) is 50.2 Å². The lowest BCUT2D eigenvalue weighted by Gasteiger charge is -2.35. The summed E-state index contributed by atoms with van der Waals surface area (Å²) in [7, 11) is 0. The van der Waals surface area contributed by atoms with Gasteiger partial charge in [0.1, 0.15) is 0 Å². The Bertz CT molecular complexity index is 485. The van der Waals surface area contributed by atoms with Crippen molar-refractivity contribution in [2.45, 2.75) is 51.7 Å². The van der Waals surface area contributed by atoms with E-state index in [0.29, 0.717) is 6.42 Å². The van der Waals surface area contributed by atoms with Crippen LogP contribution in [-0.2, 0) is 0 Å². The van der Waals surface area contributed by atoms with Gasteiger partial charge in [0.25, 0.3) is 0 Å². The van der Waals surface area contributed by atoms with Gasteiger partial charge in [-0.1, -0.05) is 30.2 Å². The molecular weight excluding hydrogens is 277 g/mol. The quantitative estimate of drug-likeness (QED) is 0.649. The molecule has 1 aromatic carbocycles. The van der Waals surface area contributed by atoms with E-state index >= 15 is 0 Å². The van der Waals surface area contributed by atoms with Gasteiger partial charge in [-0.25, -0.2) is 0 Å². The Hall–Kier alpha value is -1.07. The number of alkyl halides is 3. The fourth-order valence-corrected chi connectivity index (χ4v) is 3.48. The molecule has 0 aromatic heterocycles. The van der Waals surface area contributed by atoms with Crippen LogP contribution in [-0.4, -0.2) is 6.18 Å². The summed E-state index contributed by atoms with van der Waals surface area (Å²) in [6.45, 7) is 3.98. The topological polar surface area (TPSA) is 38.0 Å². The molecule has 21 heavy (non-hydrogen) atoms. The average Bonchev–Trinajstić information content (AvgIpc) is 2.41. The number of hydrogen-bond acceptors (Lipinski definition) is 2. The predicted molar refractivity (Wildman–Crippen MR) is 77.5 cm³/mol. The predicted octanol–water partition coefficient (Wildman–Crippen LogP) is 4.18. The number of hydrogen-bond donors (Lipinski definition) is 2. The number of benzene rings is 1. The highest BCUT2D eigenvalue weighted by Crippen LogP contribution is 2.44. The largest absolute Gasteiger partial charge is 0.391 e. The van der Waals surface area contributed by atoms with Crippen molar-refractivity contribution in [2.24, 2.45) is 17.7 Å². The van der Waals surface area contributed by atoms with Crippen LogP contribution in [0.25, 0.3) is 0 Å². The average molecular weight is 300 g/mol. The van der Waals surface area contributed by atoms with Crippen molar-refractivity contribution in [3.63, 3.8) is 0 Å². The van der Waals surface area contributed by atoms with Gasteiger partial charge in [-0.15, -0.1) is 0 Å². The van der Waals surface area contributed by atoms with E-state index in [4.69, 9.17) is 5.84 Å². The normalized spacial score (nSPS) is 24.9. The Kier molecular flexibility index (Phi) is 4.94. The Morgan fingerprint density at radius 3 is 2.52 bits per heavy atom. The Balaban J connectivity index is 2.20. The van der Waals surface area contributed by atoms with E-state index in [1.54, 1.807) is 0 Å². The molecule has 0 aliphatic heterocycles. The van der Waals surface area contributed by atoms with Gasteiger partial charge in [0.15, 0.2) is 0 Å². The van der Waals surface area contributed by atoms with Crippen molar-refractivity contribution in [3.8, 4) is 0 Å². The van der Waals surface area contributed by atoms with Gasteiger partial charge in [0.2, 0.25) is 0 Å². The summed E-state index contributed by atoms with van der Waals surface area (Å²) < 4.78 is 38.9. The highest BCUT2D eigenvalue weighted by atomic mass is 19.4. The van der Waals surface area contributed by atoms with E-state index in [1.807, 2.05) is 32.0 Å². The summed E-state index contributed by atoms with van der Waals surface area (Å²) in [5.41, 5.74) is 5.98. The molecule has 1 aromatic rings. The first-order chi connectivity index (χ1) is 9.82. The van der Waals surface area contributed by atoms with E-state index in [2.05, 4.69) is 5.43 Å². The molecule has 3 unspecified atom stereocenters. The summed E-state index contributed by atoms with van der Waals surface area (Å²) in [4.78, 5) is 0. The van der Waals surface area contributed by atoms with Crippen molar-refractivity contribution in [3.05, 3.63) is 34.9 Å². The van der Waals surface area contributed by atoms with Crippen LogP contribution in [0.2, 0.25) is 0 Å².